The van der Waals surface area contributed by atoms with Gasteiger partial charge in [-0.25, -0.2) is 0 Å². The number of anilines is 1. The van der Waals surface area contributed by atoms with Crippen LogP contribution >= 0.6 is 0 Å². The molecular weight excluding hydrogens is 238 g/mol. The second kappa shape index (κ2) is 4.61. The molecule has 0 bridgehead atoms. The lowest BCUT2D eigenvalue weighted by atomic mass is 10.1. The molecule has 1 fully saturated rings. The number of para-hydroxylation sites is 1. The van der Waals surface area contributed by atoms with E-state index in [1.54, 1.807) is 0 Å². The number of carbonyl (C=O) groups is 1. The molecule has 0 aliphatic heterocycles. The van der Waals surface area contributed by atoms with Crippen molar-refractivity contribution in [2.45, 2.75) is 32.2 Å². The van der Waals surface area contributed by atoms with Crippen molar-refractivity contribution in [2.75, 3.05) is 5.73 Å². The zero-order valence-corrected chi connectivity index (χ0v) is 11.1. The van der Waals surface area contributed by atoms with Crippen LogP contribution in [-0.2, 0) is 0 Å². The summed E-state index contributed by atoms with van der Waals surface area (Å²) in [5.74, 6) is 0.761. The van der Waals surface area contributed by atoms with Gasteiger partial charge in [0.25, 0.3) is 5.91 Å². The van der Waals surface area contributed by atoms with Crippen LogP contribution in [0.5, 0.6) is 0 Å². The summed E-state index contributed by atoms with van der Waals surface area (Å²) in [7, 11) is 0. The highest BCUT2D eigenvalue weighted by Gasteiger charge is 2.24. The first-order chi connectivity index (χ1) is 9.13. The third kappa shape index (κ3) is 2.57. The van der Waals surface area contributed by atoms with Crippen LogP contribution in [0.1, 0.15) is 36.7 Å². The van der Waals surface area contributed by atoms with Crippen LogP contribution in [0.2, 0.25) is 0 Å². The number of nitrogens with one attached hydrogen (secondary N) is 2. The first-order valence-corrected chi connectivity index (χ1v) is 6.81. The van der Waals surface area contributed by atoms with Crippen LogP contribution in [0, 0.1) is 5.92 Å². The molecule has 1 unspecified atom stereocenters. The minimum atomic E-state index is -0.0521. The van der Waals surface area contributed by atoms with Crippen LogP contribution < -0.4 is 11.1 Å². The Bertz CT molecular complexity index is 613. The van der Waals surface area contributed by atoms with E-state index < -0.39 is 0 Å². The van der Waals surface area contributed by atoms with Crippen molar-refractivity contribution in [1.82, 2.24) is 10.3 Å². The SMILES string of the molecule is CC(CC1CC1)NC(=O)c1cc2cccc(N)c2[nH]1. The van der Waals surface area contributed by atoms with Gasteiger partial charge in [-0.15, -0.1) is 0 Å². The highest BCUT2D eigenvalue weighted by Crippen LogP contribution is 2.33. The average molecular weight is 257 g/mol. The molecule has 100 valence electrons. The molecule has 19 heavy (non-hydrogen) atoms. The van der Waals surface area contributed by atoms with E-state index in [1.165, 1.54) is 12.8 Å². The minimum absolute atomic E-state index is 0.0521. The Labute approximate surface area is 112 Å². The monoisotopic (exact) mass is 257 g/mol. The summed E-state index contributed by atoms with van der Waals surface area (Å²) < 4.78 is 0. The number of carbonyl (C=O) groups excluding carboxylic acids is 1. The maximum atomic E-state index is 12.2. The minimum Gasteiger partial charge on any atom is -0.397 e. The number of nitrogen functional groups attached to an aromatic ring is 1. The Kier molecular flexibility index (Phi) is 2.93. The molecule has 0 radical (unpaired) electrons. The van der Waals surface area contributed by atoms with Crippen molar-refractivity contribution in [1.29, 1.82) is 0 Å². The second-order valence-corrected chi connectivity index (χ2v) is 5.55. The summed E-state index contributed by atoms with van der Waals surface area (Å²) in [4.78, 5) is 15.3. The molecule has 1 aliphatic rings. The quantitative estimate of drug-likeness (QED) is 0.737. The molecule has 1 atom stereocenters. The largest absolute Gasteiger partial charge is 0.397 e. The van der Waals surface area contributed by atoms with Gasteiger partial charge in [-0.3, -0.25) is 4.79 Å². The topological polar surface area (TPSA) is 70.9 Å². The number of aromatic amines is 1. The molecule has 4 N–H and O–H groups in total. The Morgan fingerprint density at radius 2 is 2.32 bits per heavy atom. The molecule has 1 heterocycles. The number of H-pyrrole nitrogens is 1. The van der Waals surface area contributed by atoms with Crippen molar-refractivity contribution in [3.8, 4) is 0 Å². The molecule has 4 heteroatoms. The van der Waals surface area contributed by atoms with Gasteiger partial charge >= 0.3 is 0 Å². The predicted molar refractivity (Wildman–Crippen MR) is 77.0 cm³/mol. The van der Waals surface area contributed by atoms with Gasteiger partial charge in [0.15, 0.2) is 0 Å². The Morgan fingerprint density at radius 1 is 1.53 bits per heavy atom. The van der Waals surface area contributed by atoms with Crippen LogP contribution in [0.25, 0.3) is 10.9 Å². The second-order valence-electron chi connectivity index (χ2n) is 5.55. The van der Waals surface area contributed by atoms with E-state index in [2.05, 4.69) is 17.2 Å². The van der Waals surface area contributed by atoms with E-state index in [-0.39, 0.29) is 11.9 Å². The van der Waals surface area contributed by atoms with Gasteiger partial charge in [-0.1, -0.05) is 25.0 Å². The zero-order chi connectivity index (χ0) is 13.4. The lowest BCUT2D eigenvalue weighted by Gasteiger charge is -2.12. The maximum absolute atomic E-state index is 12.2. The van der Waals surface area contributed by atoms with Gasteiger partial charge < -0.3 is 16.0 Å². The van der Waals surface area contributed by atoms with Crippen LogP contribution in [0.4, 0.5) is 5.69 Å². The van der Waals surface area contributed by atoms with Crippen LogP contribution in [0.3, 0.4) is 0 Å². The number of fused-ring (bicyclic) bond motifs is 1. The summed E-state index contributed by atoms with van der Waals surface area (Å²) in [6.45, 7) is 2.06. The number of amides is 1. The molecule has 3 rings (SSSR count). The molecule has 1 amide bonds. The fourth-order valence-electron chi connectivity index (χ4n) is 2.52. The highest BCUT2D eigenvalue weighted by molar-refractivity contribution is 6.00. The zero-order valence-electron chi connectivity index (χ0n) is 11.1. The van der Waals surface area contributed by atoms with E-state index in [4.69, 9.17) is 5.73 Å². The van der Waals surface area contributed by atoms with Crippen molar-refractivity contribution in [3.63, 3.8) is 0 Å². The van der Waals surface area contributed by atoms with E-state index in [9.17, 15) is 4.79 Å². The number of nitrogens with two attached hydrogens (primary N) is 1. The number of hydrogen-bond acceptors (Lipinski definition) is 2. The molecule has 1 saturated carbocycles. The molecule has 0 saturated heterocycles. The van der Waals surface area contributed by atoms with E-state index in [1.807, 2.05) is 24.3 Å². The van der Waals surface area contributed by atoms with Gasteiger partial charge in [0.05, 0.1) is 11.2 Å². The fourth-order valence-corrected chi connectivity index (χ4v) is 2.52. The standard InChI is InChI=1S/C15H19N3O/c1-9(7-10-5-6-10)17-15(19)13-8-11-3-2-4-12(16)14(11)18-13/h2-4,8-10,18H,5-7,16H2,1H3,(H,17,19). The smallest absolute Gasteiger partial charge is 0.267 e. The van der Waals surface area contributed by atoms with Gasteiger partial charge in [-0.2, -0.15) is 0 Å². The first kappa shape index (κ1) is 12.1. The predicted octanol–water partition coefficient (Wildman–Crippen LogP) is 2.67. The summed E-state index contributed by atoms with van der Waals surface area (Å²) in [5, 5.41) is 4.01. The Hall–Kier alpha value is -1.97. The van der Waals surface area contributed by atoms with Gasteiger partial charge in [-0.05, 0) is 31.4 Å². The molecule has 2 aromatic rings. The summed E-state index contributed by atoms with van der Waals surface area (Å²) in [5.41, 5.74) is 7.97. The van der Waals surface area contributed by atoms with Gasteiger partial charge in [0, 0.05) is 11.4 Å². The lowest BCUT2D eigenvalue weighted by molar-refractivity contribution is 0.0933. The number of rotatable bonds is 4. The lowest BCUT2D eigenvalue weighted by Crippen LogP contribution is -2.33. The Morgan fingerprint density at radius 3 is 3.00 bits per heavy atom. The number of hydrogen-bond donors (Lipinski definition) is 3. The van der Waals surface area contributed by atoms with E-state index in [0.717, 1.165) is 23.2 Å². The fraction of sp³-hybridized carbons (Fsp3) is 0.400. The van der Waals surface area contributed by atoms with Gasteiger partial charge in [0.2, 0.25) is 0 Å². The third-order valence-electron chi connectivity index (χ3n) is 3.69. The van der Waals surface area contributed by atoms with Crippen LogP contribution in [-0.4, -0.2) is 16.9 Å². The first-order valence-electron chi connectivity index (χ1n) is 6.81. The highest BCUT2D eigenvalue weighted by atomic mass is 16.1. The summed E-state index contributed by atoms with van der Waals surface area (Å²) in [6, 6.07) is 7.75. The van der Waals surface area contributed by atoms with Crippen LogP contribution in [0.15, 0.2) is 24.3 Å². The Balaban J connectivity index is 1.75. The normalized spacial score (nSPS) is 16.5. The summed E-state index contributed by atoms with van der Waals surface area (Å²) >= 11 is 0. The maximum Gasteiger partial charge on any atom is 0.267 e. The molecule has 1 aromatic heterocycles. The van der Waals surface area contributed by atoms with Crippen molar-refractivity contribution in [2.24, 2.45) is 5.92 Å². The summed E-state index contributed by atoms with van der Waals surface area (Å²) in [6.07, 6.45) is 3.69. The van der Waals surface area contributed by atoms with E-state index >= 15 is 0 Å². The molecule has 0 spiro atoms. The molecule has 1 aromatic carbocycles. The van der Waals surface area contributed by atoms with E-state index in [0.29, 0.717) is 11.4 Å². The number of aromatic nitrogens is 1. The van der Waals surface area contributed by atoms with Gasteiger partial charge in [0.1, 0.15) is 5.69 Å². The van der Waals surface area contributed by atoms with Crippen molar-refractivity contribution >= 4 is 22.5 Å². The van der Waals surface area contributed by atoms with Crippen molar-refractivity contribution < 1.29 is 4.79 Å². The molecular formula is C15H19N3O. The molecule has 1 aliphatic carbocycles. The molecule has 4 nitrogen and oxygen atoms in total. The average Bonchev–Trinajstić information content (AvgIpc) is 3.05. The van der Waals surface area contributed by atoms with Crippen molar-refractivity contribution in [3.05, 3.63) is 30.0 Å². The third-order valence-corrected chi connectivity index (χ3v) is 3.69. The number of benzene rings is 1.